The van der Waals surface area contributed by atoms with Crippen molar-refractivity contribution in [2.75, 3.05) is 6.23 Å². The van der Waals surface area contributed by atoms with Gasteiger partial charge in [-0.15, -0.1) is 0 Å². The van der Waals surface area contributed by atoms with Gasteiger partial charge in [0.05, 0.1) is 22.0 Å². The second kappa shape index (κ2) is 4.61. The largest absolute Gasteiger partial charge is 0.508 e. The summed E-state index contributed by atoms with van der Waals surface area (Å²) in [4.78, 5) is 11.2. The maximum Gasteiger partial charge on any atom is 0.338 e. The van der Waals surface area contributed by atoms with Crippen molar-refractivity contribution in [2.24, 2.45) is 0 Å². The summed E-state index contributed by atoms with van der Waals surface area (Å²) in [6, 6.07) is 4.48. The summed E-state index contributed by atoms with van der Waals surface area (Å²) >= 11 is 1.96. The molecule has 67 valence electrons. The third-order valence-corrected chi connectivity index (χ3v) is 2.41. The Bertz CT molecular complexity index is 327. The van der Waals surface area contributed by atoms with Gasteiger partial charge in [0.15, 0.2) is 0 Å². The molecule has 0 bridgehead atoms. The molecule has 5 heteroatoms. The first-order chi connectivity index (χ1) is 6.15. The smallest absolute Gasteiger partial charge is 0.338 e. The van der Waals surface area contributed by atoms with Gasteiger partial charge in [0.25, 0.3) is 0 Å². The van der Waals surface area contributed by atoms with Crippen LogP contribution in [0.15, 0.2) is 18.2 Å². The zero-order valence-electron chi connectivity index (χ0n) is 6.58. The second-order valence-electron chi connectivity index (χ2n) is 2.24. The van der Waals surface area contributed by atoms with Crippen molar-refractivity contribution in [1.29, 1.82) is 0 Å². The normalized spacial score (nSPS) is 9.69. The number of aromatic hydroxyl groups is 1. The molecule has 0 saturated heterocycles. The predicted octanol–water partition coefficient (Wildman–Crippen LogP) is 1.28. The molecule has 0 atom stereocenters. The molecule has 0 saturated carbocycles. The molecule has 1 rings (SSSR count). The molecule has 1 N–H and O–H groups in total. The van der Waals surface area contributed by atoms with Crippen molar-refractivity contribution in [3.63, 3.8) is 0 Å². The fourth-order valence-electron chi connectivity index (χ4n) is 0.813. The maximum atomic E-state index is 11.2. The van der Waals surface area contributed by atoms with Crippen LogP contribution in [0.5, 0.6) is 5.75 Å². The molecule has 0 aliphatic rings. The van der Waals surface area contributed by atoms with E-state index in [4.69, 9.17) is 9.84 Å². The average Bonchev–Trinajstić information content (AvgIpc) is 2.04. The Kier molecular flexibility index (Phi) is 3.73. The number of carbonyl (C=O) groups excluding carboxylic acids is 1. The quantitative estimate of drug-likeness (QED) is 0.509. The maximum absolute atomic E-state index is 11.2. The van der Waals surface area contributed by atoms with E-state index in [0.717, 1.165) is 0 Å². The molecule has 0 aromatic heterocycles. The summed E-state index contributed by atoms with van der Waals surface area (Å²) in [5, 5.41) is 9.08. The first kappa shape index (κ1) is 10.5. The van der Waals surface area contributed by atoms with Crippen molar-refractivity contribution in [3.05, 3.63) is 27.3 Å². The third-order valence-electron chi connectivity index (χ3n) is 1.38. The van der Waals surface area contributed by atoms with Gasteiger partial charge in [-0.05, 0) is 40.8 Å². The Labute approximate surface area is 92.7 Å². The topological polar surface area (TPSA) is 46.5 Å². The fourth-order valence-corrected chi connectivity index (χ4v) is 1.66. The number of benzene rings is 1. The molecule has 0 spiro atoms. The van der Waals surface area contributed by atoms with Crippen molar-refractivity contribution < 1.29 is 14.6 Å². The van der Waals surface area contributed by atoms with Crippen LogP contribution in [-0.2, 0) is 4.74 Å². The Balaban J connectivity index is 2.95. The number of phenolic OH excluding ortho intramolecular Hbond substituents is 1. The highest BCUT2D eigenvalue weighted by molar-refractivity contribution is 14.1. The van der Waals surface area contributed by atoms with Gasteiger partial charge in [-0.2, -0.15) is 0 Å². The van der Waals surface area contributed by atoms with E-state index in [2.05, 4.69) is 10.2 Å². The fraction of sp³-hybridized carbons (Fsp3) is 0.125. The summed E-state index contributed by atoms with van der Waals surface area (Å²) in [5.74, 6) is -0.265. The van der Waals surface area contributed by atoms with E-state index in [1.165, 1.54) is 18.2 Å². The molecule has 0 unspecified atom stereocenters. The Morgan fingerprint density at radius 1 is 1.62 bits per heavy atom. The van der Waals surface area contributed by atoms with Gasteiger partial charge in [0.2, 0.25) is 0 Å². The highest BCUT2D eigenvalue weighted by atomic mass is 127. The minimum Gasteiger partial charge on any atom is -0.508 e. The molecule has 0 amide bonds. The summed E-state index contributed by atoms with van der Waals surface area (Å²) in [6.45, 7) is 0. The number of phenols is 1. The molecule has 0 fully saturated rings. The van der Waals surface area contributed by atoms with Crippen LogP contribution in [0, 0.1) is 3.57 Å². The molecule has 13 heavy (non-hydrogen) atoms. The van der Waals surface area contributed by atoms with Crippen LogP contribution in [-0.4, -0.2) is 27.5 Å². The predicted molar refractivity (Wildman–Crippen MR) is 56.9 cm³/mol. The monoisotopic (exact) mass is 305 g/mol. The SMILES string of the molecule is O=C(OC[Si])c1ccc(O)cc1I. The van der Waals surface area contributed by atoms with Crippen LogP contribution in [0.2, 0.25) is 0 Å². The van der Waals surface area contributed by atoms with E-state index < -0.39 is 5.97 Å². The van der Waals surface area contributed by atoms with Gasteiger partial charge >= 0.3 is 5.97 Å². The molecular weight excluding hydrogens is 299 g/mol. The molecule has 0 aliphatic carbocycles. The lowest BCUT2D eigenvalue weighted by molar-refractivity contribution is 0.0572. The molecular formula is C8H6IO3Si. The van der Waals surface area contributed by atoms with Gasteiger partial charge in [0, 0.05) is 3.57 Å². The second-order valence-corrected chi connectivity index (χ2v) is 3.69. The van der Waals surface area contributed by atoms with Crippen LogP contribution in [0.1, 0.15) is 10.4 Å². The minimum absolute atomic E-state index is 0.138. The standard InChI is InChI=1S/C8H6IO3Si/c9-7-3-5(10)1-2-6(7)8(11)12-4-13/h1-3,10H,4H2. The first-order valence-corrected chi connectivity index (χ1v) is 5.24. The highest BCUT2D eigenvalue weighted by Gasteiger charge is 2.10. The van der Waals surface area contributed by atoms with Crippen LogP contribution in [0.25, 0.3) is 0 Å². The summed E-state index contributed by atoms with van der Waals surface area (Å²) in [5.41, 5.74) is 0.455. The number of ether oxygens (including phenoxy) is 1. The van der Waals surface area contributed by atoms with Gasteiger partial charge < -0.3 is 9.84 Å². The van der Waals surface area contributed by atoms with Crippen molar-refractivity contribution >= 4 is 38.8 Å². The molecule has 3 radical (unpaired) electrons. The van der Waals surface area contributed by atoms with Crippen LogP contribution >= 0.6 is 22.6 Å². The van der Waals surface area contributed by atoms with E-state index in [0.29, 0.717) is 9.13 Å². The van der Waals surface area contributed by atoms with E-state index in [9.17, 15) is 4.79 Å². The molecule has 1 aromatic carbocycles. The summed E-state index contributed by atoms with van der Waals surface area (Å²) < 4.78 is 5.41. The highest BCUT2D eigenvalue weighted by Crippen LogP contribution is 2.18. The van der Waals surface area contributed by atoms with Crippen LogP contribution in [0.4, 0.5) is 0 Å². The van der Waals surface area contributed by atoms with Crippen molar-refractivity contribution in [3.8, 4) is 5.75 Å². The van der Waals surface area contributed by atoms with E-state index >= 15 is 0 Å². The number of hydrogen-bond acceptors (Lipinski definition) is 3. The van der Waals surface area contributed by atoms with E-state index in [1.807, 2.05) is 22.6 Å². The lowest BCUT2D eigenvalue weighted by atomic mass is 10.2. The minimum atomic E-state index is -0.403. The zero-order chi connectivity index (χ0) is 9.84. The van der Waals surface area contributed by atoms with Crippen LogP contribution < -0.4 is 0 Å². The van der Waals surface area contributed by atoms with Gasteiger partial charge in [-0.1, -0.05) is 0 Å². The Morgan fingerprint density at radius 3 is 2.85 bits per heavy atom. The number of rotatable bonds is 2. The lowest BCUT2D eigenvalue weighted by Gasteiger charge is -2.03. The molecule has 0 aliphatic heterocycles. The zero-order valence-corrected chi connectivity index (χ0v) is 9.74. The number of esters is 1. The molecule has 1 aromatic rings. The number of carbonyl (C=O) groups is 1. The van der Waals surface area contributed by atoms with Gasteiger partial charge in [0.1, 0.15) is 5.75 Å². The lowest BCUT2D eigenvalue weighted by Crippen LogP contribution is -2.07. The van der Waals surface area contributed by atoms with Gasteiger partial charge in [-0.3, -0.25) is 0 Å². The van der Waals surface area contributed by atoms with E-state index in [-0.39, 0.29) is 12.0 Å². The first-order valence-electron chi connectivity index (χ1n) is 3.45. The van der Waals surface area contributed by atoms with Crippen LogP contribution in [0.3, 0.4) is 0 Å². The molecule has 3 nitrogen and oxygen atoms in total. The van der Waals surface area contributed by atoms with Crippen molar-refractivity contribution in [1.82, 2.24) is 0 Å². The Hall–Kier alpha value is -0.563. The number of halogens is 1. The molecule has 0 heterocycles. The Morgan fingerprint density at radius 2 is 2.31 bits per heavy atom. The third kappa shape index (κ3) is 2.70. The van der Waals surface area contributed by atoms with Gasteiger partial charge in [-0.25, -0.2) is 4.79 Å². The number of hydrogen-bond donors (Lipinski definition) is 1. The van der Waals surface area contributed by atoms with E-state index in [1.54, 1.807) is 0 Å². The summed E-state index contributed by atoms with van der Waals surface area (Å²) in [6.07, 6.45) is 0.162. The average molecular weight is 305 g/mol. The van der Waals surface area contributed by atoms with Crippen molar-refractivity contribution in [2.45, 2.75) is 0 Å². The summed E-state index contributed by atoms with van der Waals surface area (Å²) in [7, 11) is 3.04.